The van der Waals surface area contributed by atoms with Gasteiger partial charge < -0.3 is 11.1 Å². The third kappa shape index (κ3) is 7.49. The molecule has 0 aliphatic rings. The lowest BCUT2D eigenvalue weighted by molar-refractivity contribution is -0.121. The molecule has 13 heavy (non-hydrogen) atoms. The maximum absolute atomic E-state index is 11.1. The molecular formula is C9H19N3O. The molecule has 0 aromatic rings. The van der Waals surface area contributed by atoms with Crippen LogP contribution in [0.25, 0.3) is 0 Å². The Labute approximate surface area is 79.8 Å². The van der Waals surface area contributed by atoms with E-state index in [1.54, 1.807) is 6.08 Å². The van der Waals surface area contributed by atoms with Crippen LogP contribution in [0.15, 0.2) is 12.7 Å². The first kappa shape index (κ1) is 12.1. The van der Waals surface area contributed by atoms with Crippen molar-refractivity contribution < 1.29 is 4.79 Å². The summed E-state index contributed by atoms with van der Waals surface area (Å²) in [6.45, 7) is 6.00. The van der Waals surface area contributed by atoms with Crippen LogP contribution < -0.4 is 11.1 Å². The van der Waals surface area contributed by atoms with Crippen LogP contribution in [0.1, 0.15) is 6.42 Å². The van der Waals surface area contributed by atoms with Gasteiger partial charge in [0.05, 0.1) is 6.54 Å². The van der Waals surface area contributed by atoms with Gasteiger partial charge in [-0.25, -0.2) is 0 Å². The molecule has 0 spiro atoms. The monoisotopic (exact) mass is 185 g/mol. The van der Waals surface area contributed by atoms with E-state index in [4.69, 9.17) is 5.73 Å². The maximum atomic E-state index is 11.1. The van der Waals surface area contributed by atoms with Gasteiger partial charge >= 0.3 is 0 Å². The molecule has 4 nitrogen and oxygen atoms in total. The molecule has 1 amide bonds. The van der Waals surface area contributed by atoms with Crippen molar-refractivity contribution in [2.24, 2.45) is 5.73 Å². The highest BCUT2D eigenvalue weighted by molar-refractivity contribution is 5.78. The molecule has 0 aromatic heterocycles. The summed E-state index contributed by atoms with van der Waals surface area (Å²) < 4.78 is 0. The minimum Gasteiger partial charge on any atom is -0.352 e. The van der Waals surface area contributed by atoms with Crippen LogP contribution in [-0.2, 0) is 4.79 Å². The van der Waals surface area contributed by atoms with Crippen molar-refractivity contribution in [2.45, 2.75) is 6.42 Å². The standard InChI is InChI=1S/C9H19N3O/c1-3-6-11-9(13)8-12(2)7-4-5-10/h3H,1,4-8,10H2,2H3,(H,11,13). The topological polar surface area (TPSA) is 58.4 Å². The molecule has 0 aliphatic carbocycles. The van der Waals surface area contributed by atoms with E-state index in [1.807, 2.05) is 11.9 Å². The minimum absolute atomic E-state index is 0.0272. The lowest BCUT2D eigenvalue weighted by atomic mass is 10.4. The van der Waals surface area contributed by atoms with Gasteiger partial charge in [-0.1, -0.05) is 6.08 Å². The number of nitrogens with zero attached hydrogens (tertiary/aromatic N) is 1. The lowest BCUT2D eigenvalue weighted by Crippen LogP contribution is -2.36. The van der Waals surface area contributed by atoms with Crippen LogP contribution in [0.4, 0.5) is 0 Å². The van der Waals surface area contributed by atoms with Crippen molar-refractivity contribution in [3.63, 3.8) is 0 Å². The molecule has 0 saturated heterocycles. The van der Waals surface area contributed by atoms with Crippen molar-refractivity contribution in [3.05, 3.63) is 12.7 Å². The number of likely N-dealkylation sites (N-methyl/N-ethyl adjacent to an activating group) is 1. The minimum atomic E-state index is 0.0272. The van der Waals surface area contributed by atoms with Crippen LogP contribution >= 0.6 is 0 Å². The Balaban J connectivity index is 3.46. The number of rotatable bonds is 7. The Bertz CT molecular complexity index is 159. The largest absolute Gasteiger partial charge is 0.352 e. The first-order valence-electron chi connectivity index (χ1n) is 4.47. The first-order chi connectivity index (χ1) is 6.20. The van der Waals surface area contributed by atoms with E-state index in [9.17, 15) is 4.79 Å². The molecule has 0 atom stereocenters. The number of hydrogen-bond donors (Lipinski definition) is 2. The maximum Gasteiger partial charge on any atom is 0.234 e. The average Bonchev–Trinajstić information content (AvgIpc) is 2.11. The summed E-state index contributed by atoms with van der Waals surface area (Å²) in [6, 6.07) is 0. The molecule has 0 aliphatic heterocycles. The molecule has 0 fully saturated rings. The zero-order chi connectivity index (χ0) is 10.1. The SMILES string of the molecule is C=CCNC(=O)CN(C)CCCN. The fourth-order valence-electron chi connectivity index (χ4n) is 0.927. The summed E-state index contributed by atoms with van der Waals surface area (Å²) in [7, 11) is 1.91. The van der Waals surface area contributed by atoms with Gasteiger partial charge in [-0.3, -0.25) is 9.69 Å². The summed E-state index contributed by atoms with van der Waals surface area (Å²) in [5.74, 6) is 0.0272. The molecule has 0 saturated carbocycles. The van der Waals surface area contributed by atoms with Crippen molar-refractivity contribution in [2.75, 3.05) is 33.2 Å². The highest BCUT2D eigenvalue weighted by atomic mass is 16.1. The average molecular weight is 185 g/mol. The fraction of sp³-hybridized carbons (Fsp3) is 0.667. The fourth-order valence-corrected chi connectivity index (χ4v) is 0.927. The molecule has 3 N–H and O–H groups in total. The Morgan fingerprint density at radius 2 is 2.38 bits per heavy atom. The van der Waals surface area contributed by atoms with Crippen molar-refractivity contribution >= 4 is 5.91 Å². The van der Waals surface area contributed by atoms with Crippen molar-refractivity contribution in [1.29, 1.82) is 0 Å². The molecule has 0 heterocycles. The zero-order valence-electron chi connectivity index (χ0n) is 8.25. The molecule has 0 rings (SSSR count). The second kappa shape index (κ2) is 7.76. The first-order valence-corrected chi connectivity index (χ1v) is 4.47. The lowest BCUT2D eigenvalue weighted by Gasteiger charge is -2.14. The summed E-state index contributed by atoms with van der Waals surface area (Å²) in [5, 5.41) is 2.71. The highest BCUT2D eigenvalue weighted by Crippen LogP contribution is 1.84. The van der Waals surface area contributed by atoms with Crippen LogP contribution in [0, 0.1) is 0 Å². The molecule has 4 heteroatoms. The Morgan fingerprint density at radius 3 is 2.92 bits per heavy atom. The van der Waals surface area contributed by atoms with E-state index in [-0.39, 0.29) is 5.91 Å². The number of amides is 1. The molecule has 0 radical (unpaired) electrons. The van der Waals surface area contributed by atoms with Crippen LogP contribution in [0.2, 0.25) is 0 Å². The van der Waals surface area contributed by atoms with Gasteiger partial charge in [0.1, 0.15) is 0 Å². The summed E-state index contributed by atoms with van der Waals surface area (Å²) in [5.41, 5.74) is 5.35. The zero-order valence-corrected chi connectivity index (χ0v) is 8.25. The van der Waals surface area contributed by atoms with E-state index >= 15 is 0 Å². The number of hydrogen-bond acceptors (Lipinski definition) is 3. The normalized spacial score (nSPS) is 10.1. The van der Waals surface area contributed by atoms with Crippen molar-refractivity contribution in [1.82, 2.24) is 10.2 Å². The Hall–Kier alpha value is -0.870. The third-order valence-corrected chi connectivity index (χ3v) is 1.60. The summed E-state index contributed by atoms with van der Waals surface area (Å²) in [6.07, 6.45) is 2.59. The number of nitrogens with two attached hydrogens (primary N) is 1. The Kier molecular flexibility index (Phi) is 7.24. The van der Waals surface area contributed by atoms with Gasteiger partial charge in [-0.05, 0) is 26.6 Å². The van der Waals surface area contributed by atoms with Gasteiger partial charge in [-0.2, -0.15) is 0 Å². The second-order valence-corrected chi connectivity index (χ2v) is 2.97. The smallest absolute Gasteiger partial charge is 0.234 e. The molecule has 76 valence electrons. The van der Waals surface area contributed by atoms with E-state index in [1.165, 1.54) is 0 Å². The molecule has 0 aromatic carbocycles. The third-order valence-electron chi connectivity index (χ3n) is 1.60. The van der Waals surface area contributed by atoms with Gasteiger partial charge in [0.15, 0.2) is 0 Å². The highest BCUT2D eigenvalue weighted by Gasteiger charge is 2.03. The van der Waals surface area contributed by atoms with Gasteiger partial charge in [0, 0.05) is 6.54 Å². The molecular weight excluding hydrogens is 166 g/mol. The van der Waals surface area contributed by atoms with Gasteiger partial charge in [0.2, 0.25) is 5.91 Å². The van der Waals surface area contributed by atoms with Crippen LogP contribution in [0.3, 0.4) is 0 Å². The Morgan fingerprint density at radius 1 is 1.69 bits per heavy atom. The van der Waals surface area contributed by atoms with Gasteiger partial charge in [-0.15, -0.1) is 6.58 Å². The van der Waals surface area contributed by atoms with E-state index in [0.29, 0.717) is 19.6 Å². The van der Waals surface area contributed by atoms with E-state index < -0.39 is 0 Å². The van der Waals surface area contributed by atoms with Crippen LogP contribution in [0.5, 0.6) is 0 Å². The van der Waals surface area contributed by atoms with Gasteiger partial charge in [0.25, 0.3) is 0 Å². The predicted octanol–water partition coefficient (Wildman–Crippen LogP) is -0.431. The van der Waals surface area contributed by atoms with E-state index in [2.05, 4.69) is 11.9 Å². The van der Waals surface area contributed by atoms with Crippen LogP contribution in [-0.4, -0.2) is 44.0 Å². The molecule has 0 unspecified atom stereocenters. The summed E-state index contributed by atoms with van der Waals surface area (Å²) in [4.78, 5) is 13.1. The number of carbonyl (C=O) groups is 1. The molecule has 0 bridgehead atoms. The number of nitrogens with one attached hydrogen (secondary N) is 1. The predicted molar refractivity (Wildman–Crippen MR) is 54.4 cm³/mol. The summed E-state index contributed by atoms with van der Waals surface area (Å²) >= 11 is 0. The number of carbonyl (C=O) groups excluding carboxylic acids is 1. The quantitative estimate of drug-likeness (QED) is 0.529. The van der Waals surface area contributed by atoms with E-state index in [0.717, 1.165) is 13.0 Å². The second-order valence-electron chi connectivity index (χ2n) is 2.97. The van der Waals surface area contributed by atoms with Crippen molar-refractivity contribution in [3.8, 4) is 0 Å².